The smallest absolute Gasteiger partial charge is 0.310 e. The lowest BCUT2D eigenvalue weighted by Gasteiger charge is -2.32. The predicted molar refractivity (Wildman–Crippen MR) is 68.8 cm³/mol. The van der Waals surface area contributed by atoms with Crippen LogP contribution in [-0.2, 0) is 22.5 Å². The lowest BCUT2D eigenvalue weighted by atomic mass is 9.71. The molecule has 0 atom stereocenters. The Bertz CT molecular complexity index is 425. The number of methoxy groups -OCH3 is 1. The Morgan fingerprint density at radius 1 is 1.47 bits per heavy atom. The minimum absolute atomic E-state index is 0.464. The molecule has 2 rings (SSSR count). The SMILES string of the molecule is COCCn1cnnc1CC1(C(=O)O)CCCCC1. The first-order chi connectivity index (χ1) is 9.18. The zero-order chi connectivity index (χ0) is 13.7. The third kappa shape index (κ3) is 3.12. The topological polar surface area (TPSA) is 77.2 Å². The molecule has 0 radical (unpaired) electrons. The summed E-state index contributed by atoms with van der Waals surface area (Å²) in [5.74, 6) is 0.0508. The molecule has 6 heteroatoms. The standard InChI is InChI=1S/C13H21N3O3/c1-19-8-7-16-10-14-15-11(16)9-13(12(17)18)5-3-2-4-6-13/h10H,2-9H2,1H3,(H,17,18). The number of carboxylic acids is 1. The quantitative estimate of drug-likeness (QED) is 0.845. The van der Waals surface area contributed by atoms with E-state index in [0.29, 0.717) is 19.6 Å². The molecule has 1 saturated carbocycles. The highest BCUT2D eigenvalue weighted by Gasteiger charge is 2.40. The van der Waals surface area contributed by atoms with Crippen LogP contribution >= 0.6 is 0 Å². The molecule has 106 valence electrons. The molecule has 1 heterocycles. The molecule has 0 bridgehead atoms. The van der Waals surface area contributed by atoms with Crippen LogP contribution in [0.4, 0.5) is 0 Å². The number of aliphatic carboxylic acids is 1. The van der Waals surface area contributed by atoms with Crippen LogP contribution in [0.1, 0.15) is 37.9 Å². The van der Waals surface area contributed by atoms with E-state index in [4.69, 9.17) is 4.74 Å². The number of carboxylic acid groups (broad SMARTS) is 1. The van der Waals surface area contributed by atoms with Crippen LogP contribution in [0.3, 0.4) is 0 Å². The van der Waals surface area contributed by atoms with Crippen LogP contribution in [0.5, 0.6) is 0 Å². The van der Waals surface area contributed by atoms with E-state index < -0.39 is 11.4 Å². The van der Waals surface area contributed by atoms with Crippen molar-refractivity contribution >= 4 is 5.97 Å². The summed E-state index contributed by atoms with van der Waals surface area (Å²) in [7, 11) is 1.64. The fourth-order valence-corrected chi connectivity index (χ4v) is 2.79. The average molecular weight is 267 g/mol. The van der Waals surface area contributed by atoms with Crippen molar-refractivity contribution in [2.75, 3.05) is 13.7 Å². The molecule has 19 heavy (non-hydrogen) atoms. The lowest BCUT2D eigenvalue weighted by Crippen LogP contribution is -2.36. The van der Waals surface area contributed by atoms with Gasteiger partial charge in [-0.15, -0.1) is 10.2 Å². The first-order valence-electron chi connectivity index (χ1n) is 6.77. The van der Waals surface area contributed by atoms with Crippen molar-refractivity contribution in [3.63, 3.8) is 0 Å². The van der Waals surface area contributed by atoms with Crippen LogP contribution in [0.2, 0.25) is 0 Å². The second kappa shape index (κ2) is 6.14. The van der Waals surface area contributed by atoms with Crippen LogP contribution in [0.25, 0.3) is 0 Å². The molecule has 0 aliphatic heterocycles. The summed E-state index contributed by atoms with van der Waals surface area (Å²) in [6, 6.07) is 0. The number of ether oxygens (including phenoxy) is 1. The molecule has 1 aliphatic carbocycles. The molecule has 0 saturated heterocycles. The van der Waals surface area contributed by atoms with Gasteiger partial charge in [0.25, 0.3) is 0 Å². The van der Waals surface area contributed by atoms with Gasteiger partial charge in [0.2, 0.25) is 0 Å². The minimum Gasteiger partial charge on any atom is -0.481 e. The molecule has 0 amide bonds. The van der Waals surface area contributed by atoms with Crippen molar-refractivity contribution in [3.8, 4) is 0 Å². The van der Waals surface area contributed by atoms with E-state index in [1.54, 1.807) is 13.4 Å². The highest BCUT2D eigenvalue weighted by atomic mass is 16.5. The van der Waals surface area contributed by atoms with Gasteiger partial charge in [-0.1, -0.05) is 19.3 Å². The second-order valence-electron chi connectivity index (χ2n) is 5.26. The Balaban J connectivity index is 2.13. The minimum atomic E-state index is -0.700. The second-order valence-corrected chi connectivity index (χ2v) is 5.26. The number of carbonyl (C=O) groups is 1. The van der Waals surface area contributed by atoms with Crippen LogP contribution in [0, 0.1) is 5.41 Å². The van der Waals surface area contributed by atoms with Gasteiger partial charge in [-0.3, -0.25) is 4.79 Å². The van der Waals surface area contributed by atoms with E-state index in [-0.39, 0.29) is 0 Å². The van der Waals surface area contributed by atoms with Crippen molar-refractivity contribution in [1.82, 2.24) is 14.8 Å². The van der Waals surface area contributed by atoms with Crippen molar-refractivity contribution in [3.05, 3.63) is 12.2 Å². The van der Waals surface area contributed by atoms with Gasteiger partial charge in [0.05, 0.1) is 12.0 Å². The number of nitrogens with zero attached hydrogens (tertiary/aromatic N) is 3. The van der Waals surface area contributed by atoms with E-state index in [9.17, 15) is 9.90 Å². The average Bonchev–Trinajstić information content (AvgIpc) is 2.84. The van der Waals surface area contributed by atoms with Crippen molar-refractivity contribution in [2.24, 2.45) is 5.41 Å². The molecular weight excluding hydrogens is 246 g/mol. The summed E-state index contributed by atoms with van der Waals surface area (Å²) in [4.78, 5) is 11.6. The Labute approximate surface area is 112 Å². The Morgan fingerprint density at radius 3 is 2.84 bits per heavy atom. The van der Waals surface area contributed by atoms with Gasteiger partial charge in [0, 0.05) is 20.1 Å². The Hall–Kier alpha value is -1.43. The number of hydrogen-bond donors (Lipinski definition) is 1. The van der Waals surface area contributed by atoms with Crippen LogP contribution in [0.15, 0.2) is 6.33 Å². The van der Waals surface area contributed by atoms with E-state index >= 15 is 0 Å². The van der Waals surface area contributed by atoms with Gasteiger partial charge < -0.3 is 14.4 Å². The number of rotatable bonds is 6. The molecule has 0 unspecified atom stereocenters. The molecule has 0 aromatic carbocycles. The maximum atomic E-state index is 11.6. The van der Waals surface area contributed by atoms with Crippen molar-refractivity contribution < 1.29 is 14.6 Å². The molecular formula is C13H21N3O3. The molecule has 1 aliphatic rings. The molecule has 0 spiro atoms. The molecule has 1 fully saturated rings. The molecule has 1 aromatic rings. The summed E-state index contributed by atoms with van der Waals surface area (Å²) >= 11 is 0. The molecule has 6 nitrogen and oxygen atoms in total. The first-order valence-corrected chi connectivity index (χ1v) is 6.77. The van der Waals surface area contributed by atoms with Gasteiger partial charge in [-0.25, -0.2) is 0 Å². The zero-order valence-electron chi connectivity index (χ0n) is 11.3. The first kappa shape index (κ1) is 14.0. The van der Waals surface area contributed by atoms with Gasteiger partial charge in [-0.05, 0) is 12.8 Å². The lowest BCUT2D eigenvalue weighted by molar-refractivity contribution is -0.151. The zero-order valence-corrected chi connectivity index (χ0v) is 11.3. The molecule has 1 aromatic heterocycles. The number of aromatic nitrogens is 3. The van der Waals surface area contributed by atoms with Gasteiger partial charge in [0.15, 0.2) is 0 Å². The van der Waals surface area contributed by atoms with E-state index in [2.05, 4.69) is 10.2 Å². The predicted octanol–water partition coefficient (Wildman–Crippen LogP) is 1.50. The summed E-state index contributed by atoms with van der Waals surface area (Å²) in [6.45, 7) is 1.24. The monoisotopic (exact) mass is 267 g/mol. The summed E-state index contributed by atoms with van der Waals surface area (Å²) in [5, 5.41) is 17.6. The molecule has 1 N–H and O–H groups in total. The van der Waals surface area contributed by atoms with E-state index in [0.717, 1.165) is 37.9 Å². The fraction of sp³-hybridized carbons (Fsp3) is 0.769. The third-order valence-electron chi connectivity index (χ3n) is 3.99. The number of hydrogen-bond acceptors (Lipinski definition) is 4. The fourth-order valence-electron chi connectivity index (χ4n) is 2.79. The normalized spacial score (nSPS) is 18.4. The largest absolute Gasteiger partial charge is 0.481 e. The van der Waals surface area contributed by atoms with Crippen molar-refractivity contribution in [1.29, 1.82) is 0 Å². The highest BCUT2D eigenvalue weighted by Crippen LogP contribution is 2.39. The van der Waals surface area contributed by atoms with Gasteiger partial charge >= 0.3 is 5.97 Å². The van der Waals surface area contributed by atoms with Crippen LogP contribution in [-0.4, -0.2) is 39.6 Å². The summed E-state index contributed by atoms with van der Waals surface area (Å²) in [6.07, 6.45) is 6.68. The van der Waals surface area contributed by atoms with E-state index in [1.807, 2.05) is 4.57 Å². The summed E-state index contributed by atoms with van der Waals surface area (Å²) in [5.41, 5.74) is -0.657. The van der Waals surface area contributed by atoms with Crippen molar-refractivity contribution in [2.45, 2.75) is 45.1 Å². The maximum absolute atomic E-state index is 11.6. The third-order valence-corrected chi connectivity index (χ3v) is 3.99. The maximum Gasteiger partial charge on any atom is 0.310 e. The van der Waals surface area contributed by atoms with Crippen LogP contribution < -0.4 is 0 Å². The van der Waals surface area contributed by atoms with Gasteiger partial charge in [-0.2, -0.15) is 0 Å². The Morgan fingerprint density at radius 2 is 2.21 bits per heavy atom. The summed E-state index contributed by atoms with van der Waals surface area (Å²) < 4.78 is 6.93. The highest BCUT2D eigenvalue weighted by molar-refractivity contribution is 5.75. The van der Waals surface area contributed by atoms with E-state index in [1.165, 1.54) is 0 Å². The van der Waals surface area contributed by atoms with Gasteiger partial charge in [0.1, 0.15) is 12.2 Å². The Kier molecular flexibility index (Phi) is 4.52.